The monoisotopic (exact) mass is 274 g/mol. The van der Waals surface area contributed by atoms with Gasteiger partial charge in [0, 0.05) is 32.2 Å². The predicted octanol–water partition coefficient (Wildman–Crippen LogP) is 2.26. The molecule has 1 aliphatic carbocycles. The normalized spacial score (nSPS) is 24.0. The first-order valence-corrected chi connectivity index (χ1v) is 7.85. The summed E-state index contributed by atoms with van der Waals surface area (Å²) in [4.78, 5) is 2.60. The van der Waals surface area contributed by atoms with Crippen molar-refractivity contribution in [3.8, 4) is 0 Å². The van der Waals surface area contributed by atoms with Crippen LogP contribution in [0.3, 0.4) is 0 Å². The van der Waals surface area contributed by atoms with E-state index in [1.165, 1.54) is 29.5 Å². The summed E-state index contributed by atoms with van der Waals surface area (Å²) >= 11 is 0. The number of morpholine rings is 1. The summed E-state index contributed by atoms with van der Waals surface area (Å²) in [5, 5.41) is 3.56. The molecule has 1 N–H and O–H groups in total. The summed E-state index contributed by atoms with van der Waals surface area (Å²) in [7, 11) is 0. The van der Waals surface area contributed by atoms with Gasteiger partial charge in [-0.05, 0) is 37.8 Å². The van der Waals surface area contributed by atoms with Gasteiger partial charge in [-0.25, -0.2) is 0 Å². The van der Waals surface area contributed by atoms with E-state index >= 15 is 0 Å². The summed E-state index contributed by atoms with van der Waals surface area (Å²) in [6, 6.07) is 7.54. The molecule has 1 aliphatic heterocycles. The first-order valence-electron chi connectivity index (χ1n) is 7.85. The number of ether oxygens (including phenoxy) is 1. The molecular weight excluding hydrogens is 248 g/mol. The third-order valence-electron chi connectivity index (χ3n) is 4.42. The van der Waals surface area contributed by atoms with E-state index in [-0.39, 0.29) is 0 Å². The fourth-order valence-electron chi connectivity index (χ4n) is 3.05. The minimum Gasteiger partial charge on any atom is -0.374 e. The van der Waals surface area contributed by atoms with Crippen LogP contribution in [0.5, 0.6) is 0 Å². The molecule has 1 aromatic rings. The predicted molar refractivity (Wildman–Crippen MR) is 82.0 cm³/mol. The van der Waals surface area contributed by atoms with Crippen LogP contribution < -0.4 is 5.32 Å². The number of benzene rings is 1. The first-order chi connectivity index (χ1) is 9.72. The van der Waals surface area contributed by atoms with Gasteiger partial charge >= 0.3 is 0 Å². The number of aryl methyl sites for hydroxylation is 2. The van der Waals surface area contributed by atoms with Gasteiger partial charge in [0.05, 0.1) is 12.7 Å². The molecule has 0 amide bonds. The lowest BCUT2D eigenvalue weighted by atomic mass is 10.1. The smallest absolute Gasteiger partial charge is 0.0826 e. The van der Waals surface area contributed by atoms with E-state index in [1.807, 2.05) is 0 Å². The summed E-state index contributed by atoms with van der Waals surface area (Å²) in [5.41, 5.74) is 4.11. The van der Waals surface area contributed by atoms with Gasteiger partial charge < -0.3 is 10.1 Å². The largest absolute Gasteiger partial charge is 0.374 e. The molecule has 3 rings (SSSR count). The highest BCUT2D eigenvalue weighted by atomic mass is 16.5. The molecule has 1 saturated heterocycles. The number of hydrogen-bond acceptors (Lipinski definition) is 3. The highest BCUT2D eigenvalue weighted by Gasteiger charge is 2.32. The van der Waals surface area contributed by atoms with Crippen LogP contribution in [0.1, 0.15) is 29.5 Å². The van der Waals surface area contributed by atoms with Crippen molar-refractivity contribution in [2.75, 3.05) is 26.2 Å². The lowest BCUT2D eigenvalue weighted by molar-refractivity contribution is -0.0301. The molecular formula is C17H26N2O. The number of rotatable bonds is 5. The summed E-state index contributed by atoms with van der Waals surface area (Å²) in [6.45, 7) is 9.35. The van der Waals surface area contributed by atoms with Gasteiger partial charge in [-0.3, -0.25) is 4.90 Å². The molecule has 3 nitrogen and oxygen atoms in total. The number of nitrogens with one attached hydrogen (secondary N) is 1. The standard InChI is InChI=1S/C17H26N2O/c1-13-3-4-15(14(2)9-13)10-18-11-17-12-19(7-8-20-17)16-5-6-16/h3-4,9,16-18H,5-8,10-12H2,1-2H3. The maximum atomic E-state index is 5.87. The first kappa shape index (κ1) is 14.1. The topological polar surface area (TPSA) is 24.5 Å². The fourth-order valence-corrected chi connectivity index (χ4v) is 3.05. The van der Waals surface area contributed by atoms with Crippen molar-refractivity contribution in [1.29, 1.82) is 0 Å². The van der Waals surface area contributed by atoms with Crippen LogP contribution in [0.4, 0.5) is 0 Å². The molecule has 20 heavy (non-hydrogen) atoms. The van der Waals surface area contributed by atoms with Crippen LogP contribution in [0.25, 0.3) is 0 Å². The van der Waals surface area contributed by atoms with Crippen molar-refractivity contribution in [2.45, 2.75) is 45.4 Å². The second kappa shape index (κ2) is 6.25. The maximum absolute atomic E-state index is 5.87. The minimum atomic E-state index is 0.357. The van der Waals surface area contributed by atoms with Gasteiger partial charge in [0.25, 0.3) is 0 Å². The molecule has 1 atom stereocenters. The van der Waals surface area contributed by atoms with Crippen molar-refractivity contribution < 1.29 is 4.74 Å². The Morgan fingerprint density at radius 2 is 2.15 bits per heavy atom. The van der Waals surface area contributed by atoms with Crippen molar-refractivity contribution in [3.05, 3.63) is 34.9 Å². The number of hydrogen-bond donors (Lipinski definition) is 1. The van der Waals surface area contributed by atoms with Crippen molar-refractivity contribution in [1.82, 2.24) is 10.2 Å². The summed E-state index contributed by atoms with van der Waals surface area (Å²) in [5.74, 6) is 0. The zero-order valence-corrected chi connectivity index (χ0v) is 12.7. The second-order valence-electron chi connectivity index (χ2n) is 6.28. The Hall–Kier alpha value is -0.900. The van der Waals surface area contributed by atoms with Gasteiger partial charge in [-0.15, -0.1) is 0 Å². The number of nitrogens with zero attached hydrogens (tertiary/aromatic N) is 1. The van der Waals surface area contributed by atoms with Gasteiger partial charge in [-0.1, -0.05) is 23.8 Å². The molecule has 0 aromatic heterocycles. The average molecular weight is 274 g/mol. The molecule has 0 spiro atoms. The Labute approximate surface area is 122 Å². The maximum Gasteiger partial charge on any atom is 0.0826 e. The van der Waals surface area contributed by atoms with Crippen LogP contribution >= 0.6 is 0 Å². The molecule has 1 saturated carbocycles. The lowest BCUT2D eigenvalue weighted by Gasteiger charge is -2.33. The highest BCUT2D eigenvalue weighted by Crippen LogP contribution is 2.28. The molecule has 1 unspecified atom stereocenters. The summed E-state index contributed by atoms with van der Waals surface area (Å²) in [6.07, 6.45) is 3.14. The zero-order valence-electron chi connectivity index (χ0n) is 12.7. The highest BCUT2D eigenvalue weighted by molar-refractivity contribution is 5.30. The van der Waals surface area contributed by atoms with Crippen LogP contribution in [-0.4, -0.2) is 43.3 Å². The van der Waals surface area contributed by atoms with Crippen LogP contribution in [0, 0.1) is 13.8 Å². The van der Waals surface area contributed by atoms with E-state index in [9.17, 15) is 0 Å². The van der Waals surface area contributed by atoms with Crippen molar-refractivity contribution in [2.24, 2.45) is 0 Å². The van der Waals surface area contributed by atoms with Gasteiger partial charge in [0.2, 0.25) is 0 Å². The molecule has 110 valence electrons. The van der Waals surface area contributed by atoms with E-state index in [4.69, 9.17) is 4.74 Å². The molecule has 2 fully saturated rings. The minimum absolute atomic E-state index is 0.357. The Bertz CT molecular complexity index is 456. The van der Waals surface area contributed by atoms with Crippen molar-refractivity contribution in [3.63, 3.8) is 0 Å². The van der Waals surface area contributed by atoms with Crippen LogP contribution in [-0.2, 0) is 11.3 Å². The van der Waals surface area contributed by atoms with Crippen LogP contribution in [0.15, 0.2) is 18.2 Å². The van der Waals surface area contributed by atoms with E-state index in [2.05, 4.69) is 42.3 Å². The zero-order chi connectivity index (χ0) is 13.9. The molecule has 3 heteroatoms. The molecule has 1 aromatic carbocycles. The molecule has 1 heterocycles. The van der Waals surface area contributed by atoms with E-state index in [1.54, 1.807) is 0 Å². The third kappa shape index (κ3) is 3.60. The Balaban J connectivity index is 1.44. The Morgan fingerprint density at radius 3 is 2.90 bits per heavy atom. The van der Waals surface area contributed by atoms with Gasteiger partial charge in [0.15, 0.2) is 0 Å². The average Bonchev–Trinajstić information content (AvgIpc) is 3.26. The van der Waals surface area contributed by atoms with Gasteiger partial charge in [0.1, 0.15) is 0 Å². The molecule has 0 bridgehead atoms. The van der Waals surface area contributed by atoms with E-state index in [0.29, 0.717) is 6.10 Å². The summed E-state index contributed by atoms with van der Waals surface area (Å²) < 4.78 is 5.87. The molecule has 2 aliphatic rings. The van der Waals surface area contributed by atoms with Crippen LogP contribution in [0.2, 0.25) is 0 Å². The van der Waals surface area contributed by atoms with Gasteiger partial charge in [-0.2, -0.15) is 0 Å². The second-order valence-corrected chi connectivity index (χ2v) is 6.28. The Morgan fingerprint density at radius 1 is 1.30 bits per heavy atom. The van der Waals surface area contributed by atoms with E-state index in [0.717, 1.165) is 38.8 Å². The quantitative estimate of drug-likeness (QED) is 0.891. The Kier molecular flexibility index (Phi) is 4.39. The van der Waals surface area contributed by atoms with Crippen molar-refractivity contribution >= 4 is 0 Å². The molecule has 0 radical (unpaired) electrons. The van der Waals surface area contributed by atoms with E-state index < -0.39 is 0 Å². The lowest BCUT2D eigenvalue weighted by Crippen LogP contribution is -2.47. The SMILES string of the molecule is Cc1ccc(CNCC2CN(C3CC3)CCO2)c(C)c1. The fraction of sp³-hybridized carbons (Fsp3) is 0.647. The third-order valence-corrected chi connectivity index (χ3v) is 4.42.